The highest BCUT2D eigenvalue weighted by molar-refractivity contribution is 7.19. The fourth-order valence-electron chi connectivity index (χ4n) is 1.11. The summed E-state index contributed by atoms with van der Waals surface area (Å²) in [5.74, 6) is 0. The SMILES string of the molecule is COCc1n[c]sc1-c1nc(CF)cs1. The number of hydrogen-bond acceptors (Lipinski definition) is 5. The lowest BCUT2D eigenvalue weighted by Gasteiger charge is -1.96. The normalized spacial score (nSPS) is 10.8. The van der Waals surface area contributed by atoms with Crippen LogP contribution in [0.2, 0.25) is 0 Å². The number of hydrogen-bond donors (Lipinski definition) is 0. The fraction of sp³-hybridized carbons (Fsp3) is 0.333. The van der Waals surface area contributed by atoms with Gasteiger partial charge in [0, 0.05) is 12.5 Å². The molecule has 0 aromatic carbocycles. The van der Waals surface area contributed by atoms with Crippen molar-refractivity contribution >= 4 is 22.7 Å². The molecular formula is C9H8FN2OS2. The highest BCUT2D eigenvalue weighted by atomic mass is 32.1. The Morgan fingerprint density at radius 2 is 2.47 bits per heavy atom. The van der Waals surface area contributed by atoms with Gasteiger partial charge in [0.15, 0.2) is 5.51 Å². The third kappa shape index (κ3) is 2.22. The third-order valence-electron chi connectivity index (χ3n) is 1.75. The van der Waals surface area contributed by atoms with Crippen LogP contribution in [0.5, 0.6) is 0 Å². The zero-order chi connectivity index (χ0) is 10.7. The van der Waals surface area contributed by atoms with Gasteiger partial charge in [0.25, 0.3) is 0 Å². The number of halogens is 1. The largest absolute Gasteiger partial charge is 0.378 e. The van der Waals surface area contributed by atoms with Crippen molar-refractivity contribution in [2.45, 2.75) is 13.3 Å². The van der Waals surface area contributed by atoms with E-state index < -0.39 is 6.67 Å². The number of nitrogens with zero attached hydrogens (tertiary/aromatic N) is 2. The molecule has 2 aromatic rings. The van der Waals surface area contributed by atoms with Gasteiger partial charge in [-0.1, -0.05) is 0 Å². The second kappa shape index (κ2) is 4.78. The van der Waals surface area contributed by atoms with Gasteiger partial charge in [-0.3, -0.25) is 0 Å². The molecule has 0 unspecified atom stereocenters. The molecule has 0 fully saturated rings. The average molecular weight is 243 g/mol. The standard InChI is InChI=1S/C9H8FN2OS2/c1-13-3-7-8(15-5-11-7)9-12-6(2-10)4-14-9/h4H,2-3H2,1H3. The van der Waals surface area contributed by atoms with E-state index in [2.05, 4.69) is 15.5 Å². The van der Waals surface area contributed by atoms with Crippen LogP contribution in [0.3, 0.4) is 0 Å². The van der Waals surface area contributed by atoms with Gasteiger partial charge in [0.2, 0.25) is 0 Å². The smallest absolute Gasteiger partial charge is 0.153 e. The van der Waals surface area contributed by atoms with Crippen molar-refractivity contribution in [1.29, 1.82) is 0 Å². The summed E-state index contributed by atoms with van der Waals surface area (Å²) in [4.78, 5) is 9.13. The molecule has 0 aliphatic heterocycles. The van der Waals surface area contributed by atoms with Crippen LogP contribution in [-0.2, 0) is 18.0 Å². The molecule has 2 heterocycles. The van der Waals surface area contributed by atoms with Gasteiger partial charge in [-0.05, 0) is 0 Å². The van der Waals surface area contributed by atoms with Crippen molar-refractivity contribution in [3.05, 3.63) is 22.3 Å². The highest BCUT2D eigenvalue weighted by Crippen LogP contribution is 2.30. The monoisotopic (exact) mass is 243 g/mol. The maximum Gasteiger partial charge on any atom is 0.153 e. The first-order valence-corrected chi connectivity index (χ1v) is 5.90. The predicted octanol–water partition coefficient (Wildman–Crippen LogP) is 2.68. The number of methoxy groups -OCH3 is 1. The van der Waals surface area contributed by atoms with Gasteiger partial charge < -0.3 is 4.74 Å². The van der Waals surface area contributed by atoms with E-state index in [0.29, 0.717) is 12.3 Å². The Labute approximate surface area is 94.6 Å². The van der Waals surface area contributed by atoms with E-state index in [9.17, 15) is 4.39 Å². The van der Waals surface area contributed by atoms with Crippen molar-refractivity contribution in [3.8, 4) is 9.88 Å². The molecular weight excluding hydrogens is 235 g/mol. The second-order valence-electron chi connectivity index (χ2n) is 2.79. The van der Waals surface area contributed by atoms with E-state index in [0.717, 1.165) is 15.6 Å². The minimum Gasteiger partial charge on any atom is -0.378 e. The lowest BCUT2D eigenvalue weighted by atomic mass is 10.4. The molecule has 0 saturated carbocycles. The maximum absolute atomic E-state index is 12.3. The molecule has 1 radical (unpaired) electrons. The van der Waals surface area contributed by atoms with E-state index >= 15 is 0 Å². The number of rotatable bonds is 4. The van der Waals surface area contributed by atoms with Crippen molar-refractivity contribution in [1.82, 2.24) is 9.97 Å². The molecule has 15 heavy (non-hydrogen) atoms. The van der Waals surface area contributed by atoms with Crippen molar-refractivity contribution in [2.24, 2.45) is 0 Å². The first-order chi connectivity index (χ1) is 7.35. The fourth-order valence-corrected chi connectivity index (χ4v) is 2.74. The van der Waals surface area contributed by atoms with Gasteiger partial charge in [0.05, 0.1) is 22.9 Å². The summed E-state index contributed by atoms with van der Waals surface area (Å²) in [7, 11) is 1.61. The van der Waals surface area contributed by atoms with Crippen molar-refractivity contribution in [3.63, 3.8) is 0 Å². The molecule has 3 nitrogen and oxygen atoms in total. The quantitative estimate of drug-likeness (QED) is 0.828. The first kappa shape index (κ1) is 10.7. The van der Waals surface area contributed by atoms with Gasteiger partial charge in [-0.25, -0.2) is 14.4 Å². The predicted molar refractivity (Wildman–Crippen MR) is 57.6 cm³/mol. The van der Waals surface area contributed by atoms with Crippen LogP contribution < -0.4 is 0 Å². The molecule has 0 spiro atoms. The Morgan fingerprint density at radius 3 is 3.13 bits per heavy atom. The number of ether oxygens (including phenoxy) is 1. The summed E-state index contributed by atoms with van der Waals surface area (Å²) in [6, 6.07) is 0. The summed E-state index contributed by atoms with van der Waals surface area (Å²) in [6.45, 7) is -0.0987. The van der Waals surface area contributed by atoms with Crippen LogP contribution in [0.25, 0.3) is 9.88 Å². The molecule has 0 aliphatic carbocycles. The Kier molecular flexibility index (Phi) is 3.40. The second-order valence-corrected chi connectivity index (χ2v) is 4.44. The Bertz CT molecular complexity index is 441. The van der Waals surface area contributed by atoms with Crippen LogP contribution in [-0.4, -0.2) is 17.1 Å². The summed E-state index contributed by atoms with van der Waals surface area (Å²) >= 11 is 2.79. The molecule has 2 rings (SSSR count). The number of alkyl halides is 1. The Balaban J connectivity index is 2.31. The van der Waals surface area contributed by atoms with Crippen LogP contribution >= 0.6 is 22.7 Å². The lowest BCUT2D eigenvalue weighted by Crippen LogP contribution is -1.89. The zero-order valence-electron chi connectivity index (χ0n) is 7.99. The minimum atomic E-state index is -0.529. The van der Waals surface area contributed by atoms with Crippen molar-refractivity contribution in [2.75, 3.05) is 7.11 Å². The van der Waals surface area contributed by atoms with Gasteiger partial charge in [0.1, 0.15) is 11.7 Å². The molecule has 79 valence electrons. The van der Waals surface area contributed by atoms with Crippen molar-refractivity contribution < 1.29 is 9.13 Å². The van der Waals surface area contributed by atoms with E-state index in [-0.39, 0.29) is 0 Å². The van der Waals surface area contributed by atoms with Gasteiger partial charge >= 0.3 is 0 Å². The molecule has 6 heteroatoms. The van der Waals surface area contributed by atoms with E-state index in [1.165, 1.54) is 22.7 Å². The Morgan fingerprint density at radius 1 is 1.60 bits per heavy atom. The molecule has 0 aliphatic rings. The molecule has 0 bridgehead atoms. The van der Waals surface area contributed by atoms with E-state index in [4.69, 9.17) is 4.74 Å². The molecule has 0 N–H and O–H groups in total. The minimum absolute atomic E-state index is 0.430. The maximum atomic E-state index is 12.3. The highest BCUT2D eigenvalue weighted by Gasteiger charge is 2.12. The summed E-state index contributed by atoms with van der Waals surface area (Å²) in [5, 5.41) is 2.50. The van der Waals surface area contributed by atoms with Crippen LogP contribution in [0, 0.1) is 5.51 Å². The zero-order valence-corrected chi connectivity index (χ0v) is 9.62. The molecule has 0 atom stereocenters. The van der Waals surface area contributed by atoms with Gasteiger partial charge in [-0.15, -0.1) is 22.7 Å². The Hall–Kier alpha value is -0.850. The van der Waals surface area contributed by atoms with E-state index in [1.807, 2.05) is 0 Å². The third-order valence-corrected chi connectivity index (χ3v) is 3.61. The lowest BCUT2D eigenvalue weighted by molar-refractivity contribution is 0.182. The van der Waals surface area contributed by atoms with Crippen LogP contribution in [0.15, 0.2) is 5.38 Å². The summed E-state index contributed by atoms with van der Waals surface area (Å²) in [5.41, 5.74) is 4.07. The average Bonchev–Trinajstić information content (AvgIpc) is 2.85. The number of aromatic nitrogens is 2. The topological polar surface area (TPSA) is 35.0 Å². The summed E-state index contributed by atoms with van der Waals surface area (Å²) < 4.78 is 17.3. The van der Waals surface area contributed by atoms with E-state index in [1.54, 1.807) is 12.5 Å². The van der Waals surface area contributed by atoms with Gasteiger partial charge in [-0.2, -0.15) is 0 Å². The first-order valence-electron chi connectivity index (χ1n) is 4.20. The number of thiazole rings is 2. The molecule has 2 aromatic heterocycles. The van der Waals surface area contributed by atoms with Crippen LogP contribution in [0.4, 0.5) is 4.39 Å². The summed E-state index contributed by atoms with van der Waals surface area (Å²) in [6.07, 6.45) is 0. The molecule has 0 amide bonds. The molecule has 0 saturated heterocycles. The van der Waals surface area contributed by atoms with Crippen LogP contribution in [0.1, 0.15) is 11.4 Å².